The summed E-state index contributed by atoms with van der Waals surface area (Å²) in [6, 6.07) is 17.1. The molecule has 0 aliphatic carbocycles. The molecule has 2 aliphatic heterocycles. The van der Waals surface area contributed by atoms with E-state index in [4.69, 9.17) is 0 Å². The monoisotopic (exact) mass is 2060 g/mol. The largest absolute Gasteiger partial charge is 4.00 e. The van der Waals surface area contributed by atoms with Crippen LogP contribution in [-0.2, 0) is 156 Å². The number of nitrogens with zero attached hydrogens (tertiary/aromatic N) is 4. The minimum absolute atomic E-state index is 0. The van der Waals surface area contributed by atoms with Gasteiger partial charge in [0, 0.05) is 52.4 Å². The van der Waals surface area contributed by atoms with Crippen LogP contribution in [-0.4, -0.2) is 145 Å². The fourth-order valence-corrected chi connectivity index (χ4v) is 11.3. The Morgan fingerprint density at radius 1 is 0.206 bits per heavy atom. The minimum Gasteiger partial charge on any atom is -0.872 e. The van der Waals surface area contributed by atoms with Crippen LogP contribution in [0, 0.1) is 0 Å². The fraction of sp³-hybridized carbons (Fsp3) is 0.786. The van der Waals surface area contributed by atoms with E-state index in [2.05, 4.69) is 248 Å². The molecular weight excluding hydrogens is 1850 g/mol. The maximum Gasteiger partial charge on any atom is 4.00 e. The summed E-state index contributed by atoms with van der Waals surface area (Å²) < 4.78 is 0. The SMILES string of the molecule is CC(C)(C)c1cc(CN2CCCN(Cc3cc(C(C)(C)C)cc(C(C)(C)C)c3[O-])CC2)c([O-])c(C(C)(C)C)c1.CC(C)(C)c1cc(CN2CCCN(Cc3cc(C(C)(C)C)cc(C(C)(C)C)c3[O-])CC2)c([O-])c(C(C)(C)C)c1.CC(C)[O-].CC(C)[O-].CC(C)[O-].CC(C)[O-].CC(C)[O-].CC(C)[O-].CC(C)[O-].CC(C)[O-].CC(C)[O-].CC(C)[O-].CC(C)[O-].CC(C)[O-].CCCCCC.[Ti+4].[Ti+4].[Ti+4].[Ti+4]. The number of hydrogen-bond donors (Lipinski definition) is 0. The van der Waals surface area contributed by atoms with Gasteiger partial charge in [0.15, 0.2) is 0 Å². The van der Waals surface area contributed by atoms with Crippen molar-refractivity contribution in [1.82, 2.24) is 19.6 Å². The zero-order valence-electron chi connectivity index (χ0n) is 96.6. The molecule has 4 aromatic carbocycles. The van der Waals surface area contributed by atoms with E-state index >= 15 is 0 Å². The summed E-state index contributed by atoms with van der Waals surface area (Å²) in [4.78, 5) is 9.72. The van der Waals surface area contributed by atoms with Crippen molar-refractivity contribution in [1.29, 1.82) is 0 Å². The average molecular weight is 2060 g/mol. The summed E-state index contributed by atoms with van der Waals surface area (Å²) in [6.45, 7) is 105. The first kappa shape index (κ1) is 162. The van der Waals surface area contributed by atoms with Crippen molar-refractivity contribution in [3.63, 3.8) is 0 Å². The normalized spacial score (nSPS) is 13.3. The van der Waals surface area contributed by atoms with Gasteiger partial charge < -0.3 is 81.7 Å². The summed E-state index contributed by atoms with van der Waals surface area (Å²) >= 11 is 0. The molecule has 0 saturated carbocycles. The molecule has 24 heteroatoms. The zero-order valence-corrected chi connectivity index (χ0v) is 103. The van der Waals surface area contributed by atoms with Gasteiger partial charge in [0.05, 0.1) is 0 Å². The van der Waals surface area contributed by atoms with Crippen LogP contribution in [0.4, 0.5) is 0 Å². The van der Waals surface area contributed by atoms with E-state index in [0.717, 1.165) is 110 Å². The molecule has 2 aliphatic rings. The zero-order chi connectivity index (χ0) is 107. The van der Waals surface area contributed by atoms with Crippen LogP contribution in [0.25, 0.3) is 0 Å². The van der Waals surface area contributed by atoms with Gasteiger partial charge in [0.1, 0.15) is 0 Å². The van der Waals surface area contributed by atoms with E-state index < -0.39 is 73.2 Å². The molecule has 0 bridgehead atoms. The van der Waals surface area contributed by atoms with Crippen LogP contribution in [0.2, 0.25) is 0 Å². The smallest absolute Gasteiger partial charge is 0.872 e. The Labute approximate surface area is 899 Å². The van der Waals surface area contributed by atoms with E-state index in [9.17, 15) is 81.7 Å². The second kappa shape index (κ2) is 82.4. The van der Waals surface area contributed by atoms with E-state index in [1.54, 1.807) is 166 Å². The molecule has 0 N–H and O–H groups in total. The summed E-state index contributed by atoms with van der Waals surface area (Å²) in [5, 5.41) is 169. The van der Waals surface area contributed by atoms with Gasteiger partial charge in [-0.05, 0) is 149 Å². The molecule has 2 heterocycles. The second-order valence-corrected chi connectivity index (χ2v) is 46.2. The van der Waals surface area contributed by atoms with Gasteiger partial charge >= 0.3 is 86.9 Å². The van der Waals surface area contributed by atoms with Crippen LogP contribution in [0.3, 0.4) is 0 Å². The first-order valence-corrected chi connectivity index (χ1v) is 49.2. The quantitative estimate of drug-likeness (QED) is 0.0994. The molecule has 6 rings (SSSR count). The Kier molecular flexibility index (Phi) is 98.2. The summed E-state index contributed by atoms with van der Waals surface area (Å²) in [7, 11) is 0. The van der Waals surface area contributed by atoms with Crippen molar-refractivity contribution >= 4 is 0 Å². The average Bonchev–Trinajstić information content (AvgIpc) is 0.955. The van der Waals surface area contributed by atoms with Gasteiger partial charge in [-0.3, -0.25) is 19.6 Å². The van der Waals surface area contributed by atoms with E-state index in [-0.39, 0.29) is 153 Å². The van der Waals surface area contributed by atoms with Gasteiger partial charge in [-0.1, -0.05) is 420 Å². The molecular formula is C112H206N4O16Ti4. The molecule has 136 heavy (non-hydrogen) atoms. The Balaban J connectivity index is -0.000000129. The summed E-state index contributed by atoms with van der Waals surface area (Å²) in [5.74, 6) is 0.783. The van der Waals surface area contributed by atoms with Crippen molar-refractivity contribution in [2.45, 2.75) is 527 Å². The predicted octanol–water partition coefficient (Wildman–Crippen LogP) is 13.1. The van der Waals surface area contributed by atoms with E-state index in [1.165, 1.54) is 47.9 Å². The molecule has 2 saturated heterocycles. The molecule has 0 aromatic heterocycles. The fourth-order valence-electron chi connectivity index (χ4n) is 11.3. The van der Waals surface area contributed by atoms with Gasteiger partial charge in [-0.15, -0.1) is 96.2 Å². The third kappa shape index (κ3) is 99.6. The topological polar surface area (TPSA) is 382 Å². The molecule has 20 nitrogen and oxygen atoms in total. The third-order valence-corrected chi connectivity index (χ3v) is 17.3. The number of benzene rings is 4. The minimum atomic E-state index is -0.417. The molecule has 0 atom stereocenters. The Hall–Kier alpha value is -1.70. The first-order chi connectivity index (χ1) is 59.0. The van der Waals surface area contributed by atoms with Crippen molar-refractivity contribution in [3.8, 4) is 23.0 Å². The van der Waals surface area contributed by atoms with Gasteiger partial charge in [0.2, 0.25) is 0 Å². The van der Waals surface area contributed by atoms with Crippen LogP contribution < -0.4 is 81.7 Å². The van der Waals surface area contributed by atoms with Crippen molar-refractivity contribution < 1.29 is 169 Å². The molecule has 0 unspecified atom stereocenters. The van der Waals surface area contributed by atoms with Crippen molar-refractivity contribution in [2.75, 3.05) is 52.4 Å². The van der Waals surface area contributed by atoms with Crippen LogP contribution >= 0.6 is 0 Å². The molecule has 2 fully saturated rings. The van der Waals surface area contributed by atoms with Gasteiger partial charge in [-0.2, -0.15) is 0 Å². The number of unbranched alkanes of at least 4 members (excludes halogenated alkanes) is 3. The van der Waals surface area contributed by atoms with E-state index in [1.807, 2.05) is 0 Å². The maximum atomic E-state index is 13.6. The third-order valence-electron chi connectivity index (χ3n) is 17.3. The Morgan fingerprint density at radius 2 is 0.316 bits per heavy atom. The van der Waals surface area contributed by atoms with Crippen LogP contribution in [0.15, 0.2) is 48.5 Å². The van der Waals surface area contributed by atoms with Gasteiger partial charge in [0.25, 0.3) is 0 Å². The summed E-state index contributed by atoms with van der Waals surface area (Å²) in [6.07, 6.45) is 2.59. The van der Waals surface area contributed by atoms with Crippen molar-refractivity contribution in [3.05, 3.63) is 115 Å². The predicted molar refractivity (Wildman–Crippen MR) is 535 cm³/mol. The molecule has 0 amide bonds. The van der Waals surface area contributed by atoms with Crippen LogP contribution in [0.1, 0.15) is 451 Å². The molecule has 0 radical (unpaired) electrons. The molecule has 786 valence electrons. The summed E-state index contributed by atoms with van der Waals surface area (Å²) in [5.41, 5.74) is 11.4. The second-order valence-electron chi connectivity index (χ2n) is 46.2. The molecule has 0 spiro atoms. The van der Waals surface area contributed by atoms with E-state index in [0.29, 0.717) is 26.2 Å². The van der Waals surface area contributed by atoms with Gasteiger partial charge in [-0.25, -0.2) is 0 Å². The Bertz CT molecular complexity index is 2920. The number of hydrogen-bond acceptors (Lipinski definition) is 20. The maximum absolute atomic E-state index is 13.6. The Morgan fingerprint density at radius 3 is 0.404 bits per heavy atom. The molecule has 4 aromatic rings. The van der Waals surface area contributed by atoms with Crippen LogP contribution in [0.5, 0.6) is 23.0 Å². The first-order valence-electron chi connectivity index (χ1n) is 49.2. The number of rotatable bonds is 11. The van der Waals surface area contributed by atoms with Crippen molar-refractivity contribution in [2.24, 2.45) is 0 Å². The standard InChI is InChI=1S/2C35H56N2O2.C6H14.12C3H7O.4Ti/c2*1-32(2,3)26-18-24(30(38)28(20-26)34(7,8)9)22-36-14-13-15-37(17-16-36)23-25-19-27(33(4,5)6)21-29(31(25)39)35(10,11)12;1-3-5-6-4-2;12*1-3(2)4;;;;/h2*18-21,38-39H,13-17,22-23H2,1-12H3;3-6H2,1-2H3;12*3H,1-2H3;;;;/q;;;12*-1;4*+4/p-4.